The van der Waals surface area contributed by atoms with E-state index in [1.165, 1.54) is 18.5 Å². The highest BCUT2D eigenvalue weighted by molar-refractivity contribution is 6.30. The Kier molecular flexibility index (Phi) is 5.38. The number of carbonyl (C=O) groups is 1. The Morgan fingerprint density at radius 3 is 2.56 bits per heavy atom. The number of hydrogen-bond donors (Lipinski definition) is 3. The number of nitro groups is 1. The fraction of sp³-hybridized carbons (Fsp3) is 0. The topological polar surface area (TPSA) is 135 Å². The Morgan fingerprint density at radius 1 is 1.11 bits per heavy atom. The second kappa shape index (κ2) is 8.06. The van der Waals surface area contributed by atoms with Gasteiger partial charge in [-0.25, -0.2) is 9.97 Å². The molecule has 27 heavy (non-hydrogen) atoms. The predicted molar refractivity (Wildman–Crippen MR) is 98.7 cm³/mol. The van der Waals surface area contributed by atoms with Gasteiger partial charge in [0, 0.05) is 28.7 Å². The zero-order valence-corrected chi connectivity index (χ0v) is 14.3. The summed E-state index contributed by atoms with van der Waals surface area (Å²) in [6.07, 6.45) is 4.18. The Bertz CT molecular complexity index is 985. The molecule has 0 unspecified atom stereocenters. The van der Waals surface area contributed by atoms with Gasteiger partial charge in [-0.3, -0.25) is 30.7 Å². The van der Waals surface area contributed by atoms with E-state index in [0.717, 1.165) is 6.33 Å². The van der Waals surface area contributed by atoms with Crippen molar-refractivity contribution >= 4 is 40.5 Å². The molecule has 0 aliphatic heterocycles. The first-order valence-electron chi connectivity index (χ1n) is 7.53. The summed E-state index contributed by atoms with van der Waals surface area (Å²) in [5.74, 6) is -0.753. The molecule has 0 atom stereocenters. The number of pyridine rings is 1. The summed E-state index contributed by atoms with van der Waals surface area (Å²) in [5, 5.41) is 14.7. The molecule has 0 saturated heterocycles. The van der Waals surface area contributed by atoms with Crippen molar-refractivity contribution in [2.45, 2.75) is 0 Å². The van der Waals surface area contributed by atoms with Crippen LogP contribution in [0.4, 0.5) is 23.0 Å². The normalized spacial score (nSPS) is 10.1. The predicted octanol–water partition coefficient (Wildman–Crippen LogP) is 2.93. The SMILES string of the molecule is O=C(NNc1ncnc(Nc2ccncc2)c1[N+](=O)[O-])c1cccc(Cl)c1. The molecule has 0 saturated carbocycles. The summed E-state index contributed by atoms with van der Waals surface area (Å²) in [6.45, 7) is 0. The Labute approximate surface area is 157 Å². The second-order valence-corrected chi connectivity index (χ2v) is 5.56. The fourth-order valence-corrected chi connectivity index (χ4v) is 2.31. The maximum Gasteiger partial charge on any atom is 0.355 e. The van der Waals surface area contributed by atoms with Crippen LogP contribution in [-0.4, -0.2) is 25.8 Å². The number of hydrazine groups is 1. The molecule has 0 bridgehead atoms. The van der Waals surface area contributed by atoms with Gasteiger partial charge >= 0.3 is 5.69 Å². The quantitative estimate of drug-likeness (QED) is 0.435. The van der Waals surface area contributed by atoms with Gasteiger partial charge < -0.3 is 5.32 Å². The van der Waals surface area contributed by atoms with Crippen LogP contribution in [0, 0.1) is 10.1 Å². The highest BCUT2D eigenvalue weighted by atomic mass is 35.5. The van der Waals surface area contributed by atoms with Crippen LogP contribution in [0.25, 0.3) is 0 Å². The van der Waals surface area contributed by atoms with E-state index >= 15 is 0 Å². The first-order chi connectivity index (χ1) is 13.0. The summed E-state index contributed by atoms with van der Waals surface area (Å²) in [5.41, 5.74) is 5.21. The van der Waals surface area contributed by atoms with E-state index in [-0.39, 0.29) is 17.2 Å². The number of anilines is 3. The number of benzene rings is 1. The summed E-state index contributed by atoms with van der Waals surface area (Å²) >= 11 is 5.85. The van der Waals surface area contributed by atoms with Crippen molar-refractivity contribution in [2.24, 2.45) is 0 Å². The Morgan fingerprint density at radius 2 is 1.85 bits per heavy atom. The maximum atomic E-state index is 12.2. The van der Waals surface area contributed by atoms with Crippen LogP contribution in [0.1, 0.15) is 10.4 Å². The first-order valence-corrected chi connectivity index (χ1v) is 7.91. The van der Waals surface area contributed by atoms with Gasteiger partial charge in [0.1, 0.15) is 6.33 Å². The number of amides is 1. The molecular formula is C16H12ClN7O3. The van der Waals surface area contributed by atoms with Crippen molar-refractivity contribution in [1.29, 1.82) is 0 Å². The van der Waals surface area contributed by atoms with Crippen molar-refractivity contribution in [1.82, 2.24) is 20.4 Å². The van der Waals surface area contributed by atoms with Crippen LogP contribution in [0.5, 0.6) is 0 Å². The van der Waals surface area contributed by atoms with E-state index in [2.05, 4.69) is 31.1 Å². The standard InChI is InChI=1S/C16H12ClN7O3/c17-11-3-1-2-10(8-11)16(25)23-22-15-13(24(26)27)14(19-9-20-15)21-12-4-6-18-7-5-12/h1-9H,(H,23,25)(H2,18,19,20,21,22). The minimum atomic E-state index is -0.655. The molecule has 10 nitrogen and oxygen atoms in total. The Balaban J connectivity index is 1.82. The highest BCUT2D eigenvalue weighted by Gasteiger charge is 2.23. The van der Waals surface area contributed by atoms with Crippen LogP contribution in [-0.2, 0) is 0 Å². The van der Waals surface area contributed by atoms with E-state index in [9.17, 15) is 14.9 Å². The van der Waals surface area contributed by atoms with Gasteiger partial charge in [0.05, 0.1) is 4.92 Å². The zero-order chi connectivity index (χ0) is 19.2. The summed E-state index contributed by atoms with van der Waals surface area (Å²) in [7, 11) is 0. The lowest BCUT2D eigenvalue weighted by Crippen LogP contribution is -2.30. The monoisotopic (exact) mass is 385 g/mol. The maximum absolute atomic E-state index is 12.2. The van der Waals surface area contributed by atoms with Gasteiger partial charge in [0.2, 0.25) is 11.6 Å². The average Bonchev–Trinajstić information content (AvgIpc) is 2.66. The molecule has 1 aromatic carbocycles. The number of aromatic nitrogens is 3. The van der Waals surface area contributed by atoms with Crippen molar-refractivity contribution < 1.29 is 9.72 Å². The third-order valence-electron chi connectivity index (χ3n) is 3.33. The van der Waals surface area contributed by atoms with Crippen LogP contribution in [0.3, 0.4) is 0 Å². The van der Waals surface area contributed by atoms with E-state index in [1.54, 1.807) is 30.3 Å². The number of hydrogen-bond acceptors (Lipinski definition) is 8. The third-order valence-corrected chi connectivity index (χ3v) is 3.56. The van der Waals surface area contributed by atoms with Crippen LogP contribution < -0.4 is 16.2 Å². The number of carbonyl (C=O) groups excluding carboxylic acids is 1. The second-order valence-electron chi connectivity index (χ2n) is 5.13. The van der Waals surface area contributed by atoms with Crippen molar-refractivity contribution in [3.8, 4) is 0 Å². The molecule has 2 heterocycles. The molecule has 0 spiro atoms. The zero-order valence-electron chi connectivity index (χ0n) is 13.6. The Hall–Kier alpha value is -3.79. The number of nitrogens with zero attached hydrogens (tertiary/aromatic N) is 4. The molecule has 0 aliphatic carbocycles. The van der Waals surface area contributed by atoms with Crippen molar-refractivity contribution in [2.75, 3.05) is 10.7 Å². The molecule has 2 aromatic heterocycles. The first kappa shape index (κ1) is 18.0. The van der Waals surface area contributed by atoms with Crippen LogP contribution in [0.15, 0.2) is 55.1 Å². The van der Waals surface area contributed by atoms with Crippen LogP contribution in [0.2, 0.25) is 5.02 Å². The molecule has 3 aromatic rings. The minimum absolute atomic E-state index is 0.0410. The molecule has 11 heteroatoms. The molecule has 0 aliphatic rings. The van der Waals surface area contributed by atoms with Gasteiger partial charge in [-0.15, -0.1) is 0 Å². The molecule has 3 N–H and O–H groups in total. The van der Waals surface area contributed by atoms with E-state index in [0.29, 0.717) is 10.7 Å². The minimum Gasteiger partial charge on any atom is -0.334 e. The van der Waals surface area contributed by atoms with Gasteiger partial charge in [-0.2, -0.15) is 0 Å². The lowest BCUT2D eigenvalue weighted by molar-refractivity contribution is -0.383. The average molecular weight is 386 g/mol. The summed E-state index contributed by atoms with van der Waals surface area (Å²) < 4.78 is 0. The third kappa shape index (κ3) is 4.44. The van der Waals surface area contributed by atoms with E-state index in [1.807, 2.05) is 0 Å². The lowest BCUT2D eigenvalue weighted by Gasteiger charge is -2.11. The van der Waals surface area contributed by atoms with Gasteiger partial charge in [0.15, 0.2) is 0 Å². The lowest BCUT2D eigenvalue weighted by atomic mass is 10.2. The smallest absolute Gasteiger partial charge is 0.334 e. The highest BCUT2D eigenvalue weighted by Crippen LogP contribution is 2.30. The number of halogens is 1. The number of rotatable bonds is 6. The largest absolute Gasteiger partial charge is 0.355 e. The molecular weight excluding hydrogens is 374 g/mol. The summed E-state index contributed by atoms with van der Waals surface area (Å²) in [4.78, 5) is 34.6. The van der Waals surface area contributed by atoms with Crippen molar-refractivity contribution in [3.63, 3.8) is 0 Å². The molecule has 0 fully saturated rings. The van der Waals surface area contributed by atoms with Crippen LogP contribution >= 0.6 is 11.6 Å². The molecule has 1 amide bonds. The molecule has 136 valence electrons. The van der Waals surface area contributed by atoms with Gasteiger partial charge in [-0.05, 0) is 30.3 Å². The van der Waals surface area contributed by atoms with E-state index < -0.39 is 16.5 Å². The van der Waals surface area contributed by atoms with Crippen molar-refractivity contribution in [3.05, 3.63) is 75.8 Å². The number of nitrogens with one attached hydrogen (secondary N) is 3. The van der Waals surface area contributed by atoms with Gasteiger partial charge in [-0.1, -0.05) is 17.7 Å². The fourth-order valence-electron chi connectivity index (χ4n) is 2.12. The van der Waals surface area contributed by atoms with E-state index in [4.69, 9.17) is 11.6 Å². The summed E-state index contributed by atoms with van der Waals surface area (Å²) in [6, 6.07) is 9.50. The molecule has 3 rings (SSSR count). The molecule has 0 radical (unpaired) electrons. The van der Waals surface area contributed by atoms with Gasteiger partial charge in [0.25, 0.3) is 5.91 Å².